The first-order valence-corrected chi connectivity index (χ1v) is 25.0. The Hall–Kier alpha value is 4.53. The molecule has 0 aromatic heterocycles. The van der Waals surface area contributed by atoms with E-state index in [-0.39, 0.29) is 57.0 Å². The van der Waals surface area contributed by atoms with E-state index in [1.54, 1.807) is 0 Å². The van der Waals surface area contributed by atoms with Crippen molar-refractivity contribution in [2.75, 3.05) is 39.3 Å². The van der Waals surface area contributed by atoms with E-state index < -0.39 is 0 Å². The van der Waals surface area contributed by atoms with Crippen LogP contribution in [0.2, 0.25) is 0 Å². The third-order valence-electron chi connectivity index (χ3n) is 0.716. The molecule has 0 spiro atoms. The number of hydrogen-bond donors (Lipinski definition) is 6. The first-order chi connectivity index (χ1) is 8.74. The molecule has 142 valence electrons. The van der Waals surface area contributed by atoms with Crippen LogP contribution in [0.3, 0.4) is 0 Å². The molecule has 0 bridgehead atoms. The maximum absolute atomic E-state index is 4.90. The van der Waals surface area contributed by atoms with Gasteiger partial charge in [0.05, 0.1) is 0 Å². The van der Waals surface area contributed by atoms with E-state index in [2.05, 4.69) is 20.3 Å². The fourth-order valence-corrected chi connectivity index (χ4v) is 150. The first-order valence-electron chi connectivity index (χ1n) is 5.09. The van der Waals surface area contributed by atoms with Gasteiger partial charge in [0.2, 0.25) is 0 Å². The second-order valence-electron chi connectivity index (χ2n) is 2.23. The van der Waals surface area contributed by atoms with Gasteiger partial charge in [-0.15, -0.1) is 0 Å². The summed E-state index contributed by atoms with van der Waals surface area (Å²) in [4.78, 5) is 0. The molecule has 16 heteroatoms. The van der Waals surface area contributed by atoms with Crippen LogP contribution in [0, 0.1) is 0 Å². The summed E-state index contributed by atoms with van der Waals surface area (Å²) in [5.74, 6) is 2.35. The summed E-state index contributed by atoms with van der Waals surface area (Å²) in [6.07, 6.45) is 0. The van der Waals surface area contributed by atoms with Crippen LogP contribution in [-0.2, 0) is 57.0 Å². The molecule has 0 saturated carbocycles. The molecule has 1 fully saturated rings. The first kappa shape index (κ1) is 45.3. The monoisotopic (exact) mass is 749 g/mol. The van der Waals surface area contributed by atoms with Gasteiger partial charge in [-0.1, -0.05) is 0 Å². The van der Waals surface area contributed by atoms with Crippen molar-refractivity contribution in [3.05, 3.63) is 0 Å². The normalized spacial score (nSPS) is 10.6. The van der Waals surface area contributed by atoms with Gasteiger partial charge < -0.3 is 74.9 Å². The predicted molar refractivity (Wildman–Crippen MR) is 121 cm³/mol. The average Bonchev–Trinajstić information content (AvgIpc) is 2.49. The Bertz CT molecular complexity index is 105. The zero-order chi connectivity index (χ0) is 14.5. The van der Waals surface area contributed by atoms with Gasteiger partial charge >= 0.3 is 87.6 Å². The van der Waals surface area contributed by atoms with Crippen molar-refractivity contribution in [1.29, 1.82) is 0 Å². The second-order valence-corrected chi connectivity index (χ2v) is 44.7. The van der Waals surface area contributed by atoms with Gasteiger partial charge in [-0.05, 0) is 0 Å². The second kappa shape index (κ2) is 56.2. The summed E-state index contributed by atoms with van der Waals surface area (Å²) in [5.41, 5.74) is 29.4. The van der Waals surface area contributed by atoms with Crippen molar-refractivity contribution in [1.82, 2.24) is 0 Å². The topological polar surface area (TPSA) is 156 Å². The molecule has 6 nitrogen and oxygen atoms in total. The summed E-state index contributed by atoms with van der Waals surface area (Å²) < 4.78 is 0. The fraction of sp³-hybridized carbons (Fsp3) is 1.00. The molecule has 1 aliphatic rings. The molecule has 1 rings (SSSR count). The van der Waals surface area contributed by atoms with Crippen LogP contribution in [0.1, 0.15) is 0 Å². The Kier molecular flexibility index (Phi) is 116. The zero-order valence-electron chi connectivity index (χ0n) is 12.0. The third kappa shape index (κ3) is 74.2. The van der Waals surface area contributed by atoms with Crippen LogP contribution in [0.4, 0.5) is 0 Å². The van der Waals surface area contributed by atoms with Crippen molar-refractivity contribution < 1.29 is 16.5 Å². The summed E-state index contributed by atoms with van der Waals surface area (Å²) in [6, 6.07) is 0. The minimum absolute atomic E-state index is 0. The Morgan fingerprint density at radius 3 is 0.864 bits per heavy atom. The molecule has 0 atom stereocenters. The molecular formula is C6H27GeN6NiS6Sb2-. The summed E-state index contributed by atoms with van der Waals surface area (Å²) in [7, 11) is 4.67. The van der Waals surface area contributed by atoms with Gasteiger partial charge in [-0.2, -0.15) is 0 Å². The van der Waals surface area contributed by atoms with Gasteiger partial charge in [0.1, 0.15) is 0 Å². The Labute approximate surface area is 198 Å². The molecule has 22 heavy (non-hydrogen) atoms. The summed E-state index contributed by atoms with van der Waals surface area (Å²) >= 11 is 1.28. The van der Waals surface area contributed by atoms with Crippen molar-refractivity contribution in [2.24, 2.45) is 34.4 Å². The molecule has 0 unspecified atom stereocenters. The average molecular weight is 751 g/mol. The van der Waals surface area contributed by atoms with E-state index in [0.717, 1.165) is 0 Å². The van der Waals surface area contributed by atoms with Crippen LogP contribution < -0.4 is 34.4 Å². The maximum atomic E-state index is 4.90. The number of rotatable bonds is 3. The van der Waals surface area contributed by atoms with Crippen LogP contribution in [0.25, 0.3) is 0 Å². The van der Waals surface area contributed by atoms with E-state index in [0.29, 0.717) is 90.0 Å². The molecule has 0 amide bonds. The van der Waals surface area contributed by atoms with E-state index in [9.17, 15) is 0 Å². The molecule has 4 radical (unpaired) electrons. The summed E-state index contributed by atoms with van der Waals surface area (Å²) in [5, 5.41) is 0. The van der Waals surface area contributed by atoms with Crippen molar-refractivity contribution >= 4 is 112 Å². The Morgan fingerprint density at radius 2 is 0.818 bits per heavy atom. The SMILES string of the molecule is NCCN.NCCN.NCCN.[Ni+2].[SH-].[SH-].[SH-].[S]1[Ge][S][Sb][S][Sb]1. The van der Waals surface area contributed by atoms with E-state index in [1.165, 1.54) is 0 Å². The molecular weight excluding hydrogens is 723 g/mol. The van der Waals surface area contributed by atoms with Crippen LogP contribution in [-0.4, -0.2) is 90.0 Å². The van der Waals surface area contributed by atoms with E-state index >= 15 is 0 Å². The quantitative estimate of drug-likeness (QED) is 0.0974. The van der Waals surface area contributed by atoms with Gasteiger partial charge in [0.15, 0.2) is 0 Å². The fourth-order valence-electron chi connectivity index (χ4n) is 0.0940. The molecule has 0 aromatic rings. The van der Waals surface area contributed by atoms with E-state index in [4.69, 9.17) is 34.4 Å². The molecule has 1 aliphatic heterocycles. The van der Waals surface area contributed by atoms with Gasteiger partial charge in [-0.25, -0.2) is 0 Å². The Balaban J connectivity index is -0.0000000262. The zero-order valence-corrected chi connectivity index (χ0v) is 25.3. The molecule has 12 N–H and O–H groups in total. The van der Waals surface area contributed by atoms with Crippen LogP contribution in [0.15, 0.2) is 0 Å². The number of nitrogens with two attached hydrogens (primary N) is 6. The van der Waals surface area contributed by atoms with Crippen LogP contribution >= 0.6 is 20.3 Å². The van der Waals surface area contributed by atoms with Crippen molar-refractivity contribution in [3.8, 4) is 0 Å². The van der Waals surface area contributed by atoms with Gasteiger partial charge in [0.25, 0.3) is 0 Å². The van der Waals surface area contributed by atoms with Gasteiger partial charge in [0, 0.05) is 39.3 Å². The molecule has 0 aromatic carbocycles. The van der Waals surface area contributed by atoms with Crippen molar-refractivity contribution in [2.45, 2.75) is 0 Å². The summed E-state index contributed by atoms with van der Waals surface area (Å²) in [6.45, 7) is 3.58. The van der Waals surface area contributed by atoms with Crippen molar-refractivity contribution in [3.63, 3.8) is 0 Å². The minimum atomic E-state index is 0. The number of hydrogen-bond acceptors (Lipinski definition) is 12. The Morgan fingerprint density at radius 1 is 0.591 bits per heavy atom. The standard InChI is InChI=1S/3C2H8N2.GeS2.Ni.3H2S.S.2Sb/c3*3-1-2-4;2-1-3;;;;;;;/h3*1-4H2;;;3*1H2;;;/q;;;-2;+2;;;;;2*+1/p-3. The predicted octanol–water partition coefficient (Wildman–Crippen LogP) is -3.30. The van der Waals surface area contributed by atoms with E-state index in [1.807, 2.05) is 0 Å². The van der Waals surface area contributed by atoms with Crippen LogP contribution in [0.5, 0.6) is 0 Å². The molecule has 0 aliphatic carbocycles. The molecule has 1 heterocycles. The third-order valence-corrected chi connectivity index (χ3v) is 74.3. The molecule has 1 saturated heterocycles. The number of thiol groups is 3. The van der Waals surface area contributed by atoms with Gasteiger partial charge in [-0.3, -0.25) is 0 Å².